The maximum Gasteiger partial charge on any atom is 0.224 e. The summed E-state index contributed by atoms with van der Waals surface area (Å²) in [4.78, 5) is 8.66. The fourth-order valence-corrected chi connectivity index (χ4v) is 2.16. The number of nitrogens with zero attached hydrogens (tertiary/aromatic N) is 2. The number of hydrogen-bond acceptors (Lipinski definition) is 6. The van der Waals surface area contributed by atoms with Gasteiger partial charge in [0.05, 0.1) is 6.61 Å². The van der Waals surface area contributed by atoms with Gasteiger partial charge in [0.15, 0.2) is 0 Å². The van der Waals surface area contributed by atoms with Crippen molar-refractivity contribution in [2.75, 3.05) is 50.5 Å². The average molecular weight is 265 g/mol. The Morgan fingerprint density at radius 3 is 3.21 bits per heavy atom. The van der Waals surface area contributed by atoms with E-state index in [1.807, 2.05) is 6.07 Å². The summed E-state index contributed by atoms with van der Waals surface area (Å²) in [6.45, 7) is 4.57. The van der Waals surface area contributed by atoms with E-state index < -0.39 is 0 Å². The molecule has 0 spiro atoms. The minimum atomic E-state index is 0.667. The van der Waals surface area contributed by atoms with Crippen LogP contribution in [0.2, 0.25) is 0 Å². The van der Waals surface area contributed by atoms with Gasteiger partial charge in [-0.05, 0) is 37.9 Å². The second kappa shape index (κ2) is 7.91. The van der Waals surface area contributed by atoms with Crippen LogP contribution in [0.25, 0.3) is 0 Å². The Morgan fingerprint density at radius 1 is 1.47 bits per heavy atom. The quantitative estimate of drug-likeness (QED) is 0.638. The number of hydrogen-bond donors (Lipinski definition) is 3. The number of methoxy groups -OCH3 is 1. The normalized spacial score (nSPS) is 19.1. The molecule has 106 valence electrons. The lowest BCUT2D eigenvalue weighted by Gasteiger charge is -2.22. The third kappa shape index (κ3) is 5.00. The third-order valence-electron chi connectivity index (χ3n) is 3.22. The third-order valence-corrected chi connectivity index (χ3v) is 3.22. The lowest BCUT2D eigenvalue weighted by atomic mass is 10.00. The van der Waals surface area contributed by atoms with Gasteiger partial charge >= 0.3 is 0 Å². The van der Waals surface area contributed by atoms with Crippen LogP contribution in [0, 0.1) is 5.92 Å². The van der Waals surface area contributed by atoms with Gasteiger partial charge in [0, 0.05) is 26.4 Å². The van der Waals surface area contributed by atoms with Gasteiger partial charge in [0.2, 0.25) is 5.95 Å². The summed E-state index contributed by atoms with van der Waals surface area (Å²) in [6.07, 6.45) is 4.29. The first-order chi connectivity index (χ1) is 9.38. The molecule has 6 heteroatoms. The van der Waals surface area contributed by atoms with Gasteiger partial charge in [-0.25, -0.2) is 4.98 Å². The van der Waals surface area contributed by atoms with Crippen molar-refractivity contribution in [2.24, 2.45) is 5.92 Å². The van der Waals surface area contributed by atoms with Crippen molar-refractivity contribution in [2.45, 2.75) is 12.8 Å². The fourth-order valence-electron chi connectivity index (χ4n) is 2.16. The van der Waals surface area contributed by atoms with Crippen molar-refractivity contribution in [3.8, 4) is 0 Å². The summed E-state index contributed by atoms with van der Waals surface area (Å²) in [5.41, 5.74) is 0. The van der Waals surface area contributed by atoms with Crippen molar-refractivity contribution < 1.29 is 4.74 Å². The molecule has 1 aromatic heterocycles. The summed E-state index contributed by atoms with van der Waals surface area (Å²) in [5, 5.41) is 9.92. The fraction of sp³-hybridized carbons (Fsp3) is 0.692. The van der Waals surface area contributed by atoms with E-state index in [-0.39, 0.29) is 0 Å². The van der Waals surface area contributed by atoms with Crippen LogP contribution in [0.1, 0.15) is 12.8 Å². The van der Waals surface area contributed by atoms with Crippen LogP contribution in [-0.4, -0.2) is 49.9 Å². The van der Waals surface area contributed by atoms with Crippen molar-refractivity contribution in [3.63, 3.8) is 0 Å². The van der Waals surface area contributed by atoms with Crippen LogP contribution >= 0.6 is 0 Å². The van der Waals surface area contributed by atoms with E-state index in [0.717, 1.165) is 32.0 Å². The lowest BCUT2D eigenvalue weighted by molar-refractivity contribution is 0.210. The van der Waals surface area contributed by atoms with E-state index in [1.54, 1.807) is 13.3 Å². The zero-order valence-corrected chi connectivity index (χ0v) is 11.5. The molecule has 0 saturated carbocycles. The number of rotatable bonds is 7. The molecule has 0 aliphatic carbocycles. The summed E-state index contributed by atoms with van der Waals surface area (Å²) in [5.74, 6) is 2.19. The smallest absolute Gasteiger partial charge is 0.224 e. The molecule has 0 bridgehead atoms. The molecule has 0 amide bonds. The molecule has 1 atom stereocenters. The molecule has 1 unspecified atom stereocenters. The summed E-state index contributed by atoms with van der Waals surface area (Å²) in [7, 11) is 1.69. The van der Waals surface area contributed by atoms with E-state index in [2.05, 4.69) is 25.9 Å². The molecule has 2 heterocycles. The molecule has 0 radical (unpaired) electrons. The van der Waals surface area contributed by atoms with E-state index >= 15 is 0 Å². The van der Waals surface area contributed by atoms with Gasteiger partial charge in [-0.1, -0.05) is 0 Å². The molecule has 0 aromatic carbocycles. The van der Waals surface area contributed by atoms with Gasteiger partial charge in [0.25, 0.3) is 0 Å². The summed E-state index contributed by atoms with van der Waals surface area (Å²) >= 11 is 0. The van der Waals surface area contributed by atoms with Crippen molar-refractivity contribution >= 4 is 11.8 Å². The maximum atomic E-state index is 4.99. The molecule has 1 aliphatic rings. The Hall–Kier alpha value is -1.40. The second-order valence-electron chi connectivity index (χ2n) is 4.78. The highest BCUT2D eigenvalue weighted by molar-refractivity contribution is 5.39. The van der Waals surface area contributed by atoms with Crippen molar-refractivity contribution in [3.05, 3.63) is 12.3 Å². The van der Waals surface area contributed by atoms with Crippen LogP contribution < -0.4 is 16.0 Å². The van der Waals surface area contributed by atoms with E-state index in [4.69, 9.17) is 4.74 Å². The van der Waals surface area contributed by atoms with Gasteiger partial charge in [-0.3, -0.25) is 0 Å². The Morgan fingerprint density at radius 2 is 2.42 bits per heavy atom. The van der Waals surface area contributed by atoms with Crippen LogP contribution in [-0.2, 0) is 4.74 Å². The summed E-state index contributed by atoms with van der Waals surface area (Å²) < 4.78 is 4.99. The molecule has 1 aliphatic heterocycles. The summed E-state index contributed by atoms with van der Waals surface area (Å²) in [6, 6.07) is 1.86. The molecule has 1 saturated heterocycles. The number of aromatic nitrogens is 2. The van der Waals surface area contributed by atoms with Crippen molar-refractivity contribution in [1.29, 1.82) is 0 Å². The highest BCUT2D eigenvalue weighted by atomic mass is 16.5. The van der Waals surface area contributed by atoms with Gasteiger partial charge < -0.3 is 20.7 Å². The van der Waals surface area contributed by atoms with E-state index in [0.29, 0.717) is 18.5 Å². The van der Waals surface area contributed by atoms with E-state index in [9.17, 15) is 0 Å². The van der Waals surface area contributed by atoms with Crippen LogP contribution in [0.5, 0.6) is 0 Å². The molecule has 1 aromatic rings. The number of nitrogens with one attached hydrogen (secondary N) is 3. The molecule has 1 fully saturated rings. The molecule has 3 N–H and O–H groups in total. The Kier molecular flexibility index (Phi) is 5.84. The number of anilines is 2. The Balaban J connectivity index is 1.77. The highest BCUT2D eigenvalue weighted by Crippen LogP contribution is 2.11. The van der Waals surface area contributed by atoms with Crippen LogP contribution in [0.3, 0.4) is 0 Å². The highest BCUT2D eigenvalue weighted by Gasteiger charge is 2.12. The molecular weight excluding hydrogens is 242 g/mol. The number of ether oxygens (including phenoxy) is 1. The largest absolute Gasteiger partial charge is 0.383 e. The maximum absolute atomic E-state index is 4.99. The first kappa shape index (κ1) is 14.0. The van der Waals surface area contributed by atoms with Gasteiger partial charge in [-0.2, -0.15) is 4.98 Å². The predicted octanol–water partition coefficient (Wildman–Crippen LogP) is 0.946. The zero-order valence-electron chi connectivity index (χ0n) is 11.5. The molecule has 2 rings (SSSR count). The first-order valence-corrected chi connectivity index (χ1v) is 6.89. The van der Waals surface area contributed by atoms with Crippen LogP contribution in [0.4, 0.5) is 11.8 Å². The monoisotopic (exact) mass is 265 g/mol. The van der Waals surface area contributed by atoms with Gasteiger partial charge in [0.1, 0.15) is 5.82 Å². The average Bonchev–Trinajstić information content (AvgIpc) is 2.47. The SMILES string of the molecule is COCCNc1ccnc(NCC2CCCNC2)n1. The minimum absolute atomic E-state index is 0.667. The molecular formula is C13H23N5O. The standard InChI is InChI=1S/C13H23N5O/c1-19-8-7-15-12-4-6-16-13(18-12)17-10-11-3-2-5-14-9-11/h4,6,11,14H,2-3,5,7-10H2,1H3,(H2,15,16,17,18). The topological polar surface area (TPSA) is 71.1 Å². The zero-order chi connectivity index (χ0) is 13.3. The lowest BCUT2D eigenvalue weighted by Crippen LogP contribution is -2.33. The minimum Gasteiger partial charge on any atom is -0.383 e. The van der Waals surface area contributed by atoms with Crippen LogP contribution in [0.15, 0.2) is 12.3 Å². The predicted molar refractivity (Wildman–Crippen MR) is 76.5 cm³/mol. The van der Waals surface area contributed by atoms with E-state index in [1.165, 1.54) is 12.8 Å². The number of piperidine rings is 1. The molecule has 19 heavy (non-hydrogen) atoms. The van der Waals surface area contributed by atoms with Crippen molar-refractivity contribution in [1.82, 2.24) is 15.3 Å². The first-order valence-electron chi connectivity index (χ1n) is 6.89. The second-order valence-corrected chi connectivity index (χ2v) is 4.78. The van der Waals surface area contributed by atoms with Gasteiger partial charge in [-0.15, -0.1) is 0 Å². The Bertz CT molecular complexity index is 368. The molecule has 6 nitrogen and oxygen atoms in total. The Labute approximate surface area is 114 Å².